The molecule has 0 radical (unpaired) electrons. The summed E-state index contributed by atoms with van der Waals surface area (Å²) >= 11 is 6.69. The van der Waals surface area contributed by atoms with Crippen molar-refractivity contribution in [2.24, 2.45) is 0 Å². The molecule has 0 bridgehead atoms. The van der Waals surface area contributed by atoms with Crippen molar-refractivity contribution in [2.75, 3.05) is 6.61 Å². The molecule has 0 aliphatic carbocycles. The van der Waals surface area contributed by atoms with Crippen molar-refractivity contribution in [2.45, 2.75) is 32.8 Å². The molecule has 0 saturated carbocycles. The Morgan fingerprint density at radius 1 is 1.27 bits per heavy atom. The van der Waals surface area contributed by atoms with E-state index in [9.17, 15) is 0 Å². The molecule has 1 atom stereocenters. The predicted molar refractivity (Wildman–Crippen MR) is 66.7 cm³/mol. The Morgan fingerprint density at radius 2 is 1.87 bits per heavy atom. The van der Waals surface area contributed by atoms with E-state index in [1.54, 1.807) is 0 Å². The van der Waals surface area contributed by atoms with Gasteiger partial charge >= 0.3 is 0 Å². The van der Waals surface area contributed by atoms with E-state index < -0.39 is 0 Å². The highest BCUT2D eigenvalue weighted by molar-refractivity contribution is 9.11. The summed E-state index contributed by atoms with van der Waals surface area (Å²) in [5.41, 5.74) is 0. The van der Waals surface area contributed by atoms with Crippen LogP contribution in [0.2, 0.25) is 0 Å². The van der Waals surface area contributed by atoms with Crippen LogP contribution < -0.4 is 0 Å². The first-order valence-corrected chi connectivity index (χ1v) is 6.57. The zero-order valence-corrected chi connectivity index (χ0v) is 12.0. The highest BCUT2D eigenvalue weighted by Gasteiger charge is 2.14. The van der Waals surface area contributed by atoms with Crippen molar-refractivity contribution < 1.29 is 4.74 Å². The number of halogens is 2. The summed E-state index contributed by atoms with van der Waals surface area (Å²) in [6.07, 6.45) is 1.99. The fraction of sp³-hybridized carbons (Fsp3) is 0.600. The van der Waals surface area contributed by atoms with Crippen molar-refractivity contribution in [3.05, 3.63) is 21.1 Å². The van der Waals surface area contributed by atoms with E-state index in [0.29, 0.717) is 6.61 Å². The van der Waals surface area contributed by atoms with Gasteiger partial charge in [0.25, 0.3) is 0 Å². The first kappa shape index (κ1) is 13.1. The minimum atomic E-state index is -0.00574. The topological polar surface area (TPSA) is 35.0 Å². The van der Waals surface area contributed by atoms with Crippen molar-refractivity contribution in [3.8, 4) is 0 Å². The lowest BCUT2D eigenvalue weighted by Gasteiger charge is -2.14. The lowest BCUT2D eigenvalue weighted by molar-refractivity contribution is 0.0491. The highest BCUT2D eigenvalue weighted by atomic mass is 79.9. The Morgan fingerprint density at radius 3 is 2.33 bits per heavy atom. The molecule has 0 aromatic carbocycles. The van der Waals surface area contributed by atoms with Gasteiger partial charge in [0.05, 0.1) is 0 Å². The quantitative estimate of drug-likeness (QED) is 0.765. The molecule has 3 nitrogen and oxygen atoms in total. The van der Waals surface area contributed by atoms with E-state index >= 15 is 0 Å². The molecule has 0 amide bonds. The van der Waals surface area contributed by atoms with Gasteiger partial charge in [-0.1, -0.05) is 13.3 Å². The Kier molecular flexibility index (Phi) is 5.71. The number of nitrogens with zero attached hydrogens (tertiary/aromatic N) is 2. The molecule has 0 saturated heterocycles. The molecular formula is C10H14Br2N2O. The van der Waals surface area contributed by atoms with Gasteiger partial charge < -0.3 is 4.74 Å². The molecule has 0 aliphatic rings. The average Bonchev–Trinajstić information content (AvgIpc) is 2.16. The second-order valence-corrected chi connectivity index (χ2v) is 4.73. The summed E-state index contributed by atoms with van der Waals surface area (Å²) in [5, 5.41) is 0. The third-order valence-corrected chi connectivity index (χ3v) is 2.70. The van der Waals surface area contributed by atoms with Crippen LogP contribution in [-0.4, -0.2) is 16.6 Å². The van der Waals surface area contributed by atoms with E-state index in [4.69, 9.17) is 4.74 Å². The lowest BCUT2D eigenvalue weighted by atomic mass is 10.2. The maximum atomic E-state index is 5.61. The molecule has 1 aromatic rings. The fourth-order valence-electron chi connectivity index (χ4n) is 1.30. The normalized spacial score (nSPS) is 12.8. The largest absolute Gasteiger partial charge is 0.371 e. The SMILES string of the molecule is CCCC(OCC)c1nc(Br)cc(Br)n1. The smallest absolute Gasteiger partial charge is 0.159 e. The maximum absolute atomic E-state index is 5.61. The molecule has 1 aromatic heterocycles. The number of rotatable bonds is 5. The monoisotopic (exact) mass is 336 g/mol. The number of ether oxygens (including phenoxy) is 1. The predicted octanol–water partition coefficient (Wildman–Crippen LogP) is 3.88. The molecule has 1 heterocycles. The summed E-state index contributed by atoms with van der Waals surface area (Å²) in [6.45, 7) is 4.78. The zero-order chi connectivity index (χ0) is 11.3. The molecule has 1 rings (SSSR count). The molecule has 1 unspecified atom stereocenters. The van der Waals surface area contributed by atoms with Crippen LogP contribution in [0.15, 0.2) is 15.3 Å². The molecule has 84 valence electrons. The third kappa shape index (κ3) is 4.17. The standard InChI is InChI=1S/C10H14Br2N2O/c1-3-5-7(15-4-2)10-13-8(11)6-9(12)14-10/h6-7H,3-5H2,1-2H3. The minimum Gasteiger partial charge on any atom is -0.371 e. The first-order chi connectivity index (χ1) is 7.17. The van der Waals surface area contributed by atoms with Crippen LogP contribution >= 0.6 is 31.9 Å². The van der Waals surface area contributed by atoms with E-state index in [2.05, 4.69) is 48.8 Å². The molecule has 0 aliphatic heterocycles. The van der Waals surface area contributed by atoms with Gasteiger partial charge in [0, 0.05) is 12.7 Å². The summed E-state index contributed by atoms with van der Waals surface area (Å²) < 4.78 is 7.17. The van der Waals surface area contributed by atoms with Gasteiger partial charge in [0.15, 0.2) is 5.82 Å². The fourth-order valence-corrected chi connectivity index (χ4v) is 2.41. The van der Waals surface area contributed by atoms with Crippen LogP contribution in [-0.2, 0) is 4.74 Å². The van der Waals surface area contributed by atoms with Crippen LogP contribution in [0, 0.1) is 0 Å². The van der Waals surface area contributed by atoms with Crippen LogP contribution in [0.5, 0.6) is 0 Å². The van der Waals surface area contributed by atoms with E-state index in [0.717, 1.165) is 27.9 Å². The van der Waals surface area contributed by atoms with Gasteiger partial charge in [-0.3, -0.25) is 0 Å². The molecule has 0 fully saturated rings. The Balaban J connectivity index is 2.88. The van der Waals surface area contributed by atoms with Crippen LogP contribution in [0.25, 0.3) is 0 Å². The van der Waals surface area contributed by atoms with Gasteiger partial charge in [-0.25, -0.2) is 9.97 Å². The molecule has 15 heavy (non-hydrogen) atoms. The Labute approximate surface area is 107 Å². The first-order valence-electron chi connectivity index (χ1n) is 4.99. The minimum absolute atomic E-state index is 0.00574. The molecule has 5 heteroatoms. The zero-order valence-electron chi connectivity index (χ0n) is 8.83. The van der Waals surface area contributed by atoms with Gasteiger partial charge in [-0.15, -0.1) is 0 Å². The molecule has 0 N–H and O–H groups in total. The molecule has 0 spiro atoms. The molecular weight excluding hydrogens is 324 g/mol. The lowest BCUT2D eigenvalue weighted by Crippen LogP contribution is -2.09. The highest BCUT2D eigenvalue weighted by Crippen LogP contribution is 2.23. The van der Waals surface area contributed by atoms with Gasteiger partial charge in [0.2, 0.25) is 0 Å². The summed E-state index contributed by atoms with van der Waals surface area (Å²) in [4.78, 5) is 8.64. The third-order valence-electron chi connectivity index (χ3n) is 1.89. The Bertz CT molecular complexity index is 294. The second-order valence-electron chi connectivity index (χ2n) is 3.10. The van der Waals surface area contributed by atoms with Crippen LogP contribution in [0.1, 0.15) is 38.6 Å². The average molecular weight is 338 g/mol. The number of hydrogen-bond acceptors (Lipinski definition) is 3. The van der Waals surface area contributed by atoms with E-state index in [1.807, 2.05) is 13.0 Å². The van der Waals surface area contributed by atoms with Crippen LogP contribution in [0.4, 0.5) is 0 Å². The van der Waals surface area contributed by atoms with Crippen molar-refractivity contribution in [1.82, 2.24) is 9.97 Å². The van der Waals surface area contributed by atoms with Crippen molar-refractivity contribution >= 4 is 31.9 Å². The van der Waals surface area contributed by atoms with Crippen LogP contribution in [0.3, 0.4) is 0 Å². The van der Waals surface area contributed by atoms with Gasteiger partial charge in [-0.2, -0.15) is 0 Å². The summed E-state index contributed by atoms with van der Waals surface area (Å²) in [7, 11) is 0. The van der Waals surface area contributed by atoms with Crippen molar-refractivity contribution in [3.63, 3.8) is 0 Å². The van der Waals surface area contributed by atoms with E-state index in [1.165, 1.54) is 0 Å². The number of hydrogen-bond donors (Lipinski definition) is 0. The number of aromatic nitrogens is 2. The Hall–Kier alpha value is -0.0000000000000000555. The van der Waals surface area contributed by atoms with Gasteiger partial charge in [-0.05, 0) is 45.2 Å². The van der Waals surface area contributed by atoms with E-state index in [-0.39, 0.29) is 6.10 Å². The second kappa shape index (κ2) is 6.55. The van der Waals surface area contributed by atoms with Gasteiger partial charge in [0.1, 0.15) is 15.3 Å². The van der Waals surface area contributed by atoms with Crippen molar-refractivity contribution in [1.29, 1.82) is 0 Å². The summed E-state index contributed by atoms with van der Waals surface area (Å²) in [6, 6.07) is 1.82. The maximum Gasteiger partial charge on any atom is 0.159 e. The summed E-state index contributed by atoms with van der Waals surface area (Å²) in [5.74, 6) is 0.736.